The molecule has 0 spiro atoms. The van der Waals surface area contributed by atoms with E-state index in [0.717, 1.165) is 12.2 Å². The molecule has 1 aromatic heterocycles. The molecule has 1 heterocycles. The fourth-order valence-electron chi connectivity index (χ4n) is 1.64. The predicted molar refractivity (Wildman–Crippen MR) is 64.1 cm³/mol. The Bertz CT molecular complexity index is 415. The molecule has 2 heteroatoms. The maximum atomic E-state index is 4.28. The van der Waals surface area contributed by atoms with Gasteiger partial charge in [0.1, 0.15) is 0 Å². The molecular formula is C11H12S2. The van der Waals surface area contributed by atoms with E-state index in [1.807, 2.05) is 11.3 Å². The first-order valence-electron chi connectivity index (χ1n) is 4.41. The average Bonchev–Trinajstić information content (AvgIpc) is 2.44. The number of thiophene rings is 1. The van der Waals surface area contributed by atoms with E-state index in [-0.39, 0.29) is 0 Å². The van der Waals surface area contributed by atoms with Crippen LogP contribution in [0.25, 0.3) is 10.1 Å². The minimum absolute atomic E-state index is 0.932. The van der Waals surface area contributed by atoms with Crippen molar-refractivity contribution in [2.24, 2.45) is 0 Å². The monoisotopic (exact) mass is 208 g/mol. The SMILES string of the molecule is Cc1sc2ccccc2c1CCS. The Morgan fingerprint density at radius 3 is 2.85 bits per heavy atom. The van der Waals surface area contributed by atoms with Gasteiger partial charge in [0, 0.05) is 9.58 Å². The lowest BCUT2D eigenvalue weighted by atomic mass is 10.1. The third-order valence-corrected chi connectivity index (χ3v) is 3.61. The van der Waals surface area contributed by atoms with Gasteiger partial charge in [-0.25, -0.2) is 0 Å². The Morgan fingerprint density at radius 2 is 2.08 bits per heavy atom. The van der Waals surface area contributed by atoms with E-state index in [4.69, 9.17) is 0 Å². The number of aryl methyl sites for hydroxylation is 2. The molecule has 0 aliphatic heterocycles. The number of benzene rings is 1. The van der Waals surface area contributed by atoms with Crippen molar-refractivity contribution in [3.05, 3.63) is 34.7 Å². The van der Waals surface area contributed by atoms with Crippen LogP contribution in [0.15, 0.2) is 24.3 Å². The van der Waals surface area contributed by atoms with Gasteiger partial charge in [0.15, 0.2) is 0 Å². The Kier molecular flexibility index (Phi) is 2.61. The molecule has 0 fully saturated rings. The minimum atomic E-state index is 0.932. The Hall–Kier alpha value is -0.470. The van der Waals surface area contributed by atoms with Crippen LogP contribution in [0.2, 0.25) is 0 Å². The van der Waals surface area contributed by atoms with E-state index in [0.29, 0.717) is 0 Å². The maximum absolute atomic E-state index is 4.28. The first-order chi connectivity index (χ1) is 6.33. The lowest BCUT2D eigenvalue weighted by Crippen LogP contribution is -1.85. The molecule has 0 unspecified atom stereocenters. The molecule has 13 heavy (non-hydrogen) atoms. The summed E-state index contributed by atoms with van der Waals surface area (Å²) in [5.41, 5.74) is 1.48. The van der Waals surface area contributed by atoms with E-state index >= 15 is 0 Å². The molecule has 0 N–H and O–H groups in total. The summed E-state index contributed by atoms with van der Waals surface area (Å²) in [5, 5.41) is 1.42. The van der Waals surface area contributed by atoms with Crippen LogP contribution in [0.4, 0.5) is 0 Å². The molecule has 0 aliphatic carbocycles. The number of thiol groups is 1. The molecule has 0 nitrogen and oxygen atoms in total. The fraction of sp³-hybridized carbons (Fsp3) is 0.273. The highest BCUT2D eigenvalue weighted by atomic mass is 32.1. The lowest BCUT2D eigenvalue weighted by Gasteiger charge is -1.96. The standard InChI is InChI=1S/C11H12S2/c1-8-9(6-7-12)10-4-2-3-5-11(10)13-8/h2-5,12H,6-7H2,1H3. The van der Waals surface area contributed by atoms with Gasteiger partial charge in [-0.05, 0) is 36.1 Å². The third-order valence-electron chi connectivity index (χ3n) is 2.26. The van der Waals surface area contributed by atoms with Gasteiger partial charge >= 0.3 is 0 Å². The van der Waals surface area contributed by atoms with E-state index in [1.165, 1.54) is 20.5 Å². The topological polar surface area (TPSA) is 0 Å². The van der Waals surface area contributed by atoms with Gasteiger partial charge in [0.2, 0.25) is 0 Å². The summed E-state index contributed by atoms with van der Waals surface area (Å²) < 4.78 is 1.40. The second-order valence-electron chi connectivity index (χ2n) is 3.11. The van der Waals surface area contributed by atoms with Gasteiger partial charge in [-0.15, -0.1) is 11.3 Å². The molecule has 0 atom stereocenters. The van der Waals surface area contributed by atoms with Crippen LogP contribution in [0, 0.1) is 6.92 Å². The normalized spacial score (nSPS) is 10.9. The second kappa shape index (κ2) is 3.72. The van der Waals surface area contributed by atoms with E-state index in [1.54, 1.807) is 0 Å². The molecule has 2 rings (SSSR count). The van der Waals surface area contributed by atoms with Crippen molar-refractivity contribution < 1.29 is 0 Å². The van der Waals surface area contributed by atoms with Crippen LogP contribution in [0.5, 0.6) is 0 Å². The molecule has 0 amide bonds. The number of hydrogen-bond donors (Lipinski definition) is 1. The van der Waals surface area contributed by atoms with Crippen LogP contribution in [0.3, 0.4) is 0 Å². The third kappa shape index (κ3) is 1.61. The van der Waals surface area contributed by atoms with Gasteiger partial charge in [0.25, 0.3) is 0 Å². The van der Waals surface area contributed by atoms with E-state index in [9.17, 15) is 0 Å². The smallest absolute Gasteiger partial charge is 0.0348 e. The lowest BCUT2D eigenvalue weighted by molar-refractivity contribution is 1.17. The summed E-state index contributed by atoms with van der Waals surface area (Å²) in [6.07, 6.45) is 1.08. The van der Waals surface area contributed by atoms with Gasteiger partial charge in [-0.2, -0.15) is 12.6 Å². The highest BCUT2D eigenvalue weighted by Crippen LogP contribution is 2.30. The van der Waals surface area contributed by atoms with Crippen molar-refractivity contribution in [1.29, 1.82) is 0 Å². The van der Waals surface area contributed by atoms with Gasteiger partial charge in [0.05, 0.1) is 0 Å². The number of hydrogen-bond acceptors (Lipinski definition) is 2. The molecular weight excluding hydrogens is 196 g/mol. The van der Waals surface area contributed by atoms with Crippen LogP contribution in [-0.2, 0) is 6.42 Å². The van der Waals surface area contributed by atoms with Crippen molar-refractivity contribution in [2.45, 2.75) is 13.3 Å². The first kappa shape index (κ1) is 9.10. The Morgan fingerprint density at radius 1 is 1.31 bits per heavy atom. The van der Waals surface area contributed by atoms with Crippen LogP contribution in [0.1, 0.15) is 10.4 Å². The van der Waals surface area contributed by atoms with Gasteiger partial charge in [-0.3, -0.25) is 0 Å². The maximum Gasteiger partial charge on any atom is 0.0348 e. The van der Waals surface area contributed by atoms with Crippen LogP contribution >= 0.6 is 24.0 Å². The van der Waals surface area contributed by atoms with Gasteiger partial charge in [-0.1, -0.05) is 18.2 Å². The van der Waals surface area contributed by atoms with Crippen LogP contribution in [-0.4, -0.2) is 5.75 Å². The Labute approximate surface area is 88.0 Å². The number of fused-ring (bicyclic) bond motifs is 1. The summed E-state index contributed by atoms with van der Waals surface area (Å²) in [6, 6.07) is 8.60. The van der Waals surface area contributed by atoms with Crippen molar-refractivity contribution >= 4 is 34.1 Å². The summed E-state index contributed by atoms with van der Waals surface area (Å²) in [4.78, 5) is 1.44. The summed E-state index contributed by atoms with van der Waals surface area (Å²) in [7, 11) is 0. The predicted octanol–water partition coefficient (Wildman–Crippen LogP) is 3.68. The zero-order valence-electron chi connectivity index (χ0n) is 7.58. The largest absolute Gasteiger partial charge is 0.179 e. The molecule has 68 valence electrons. The number of rotatable bonds is 2. The summed E-state index contributed by atoms with van der Waals surface area (Å²) in [6.45, 7) is 2.20. The first-order valence-corrected chi connectivity index (χ1v) is 5.85. The molecule has 0 bridgehead atoms. The van der Waals surface area contributed by atoms with Crippen molar-refractivity contribution in [1.82, 2.24) is 0 Å². The minimum Gasteiger partial charge on any atom is -0.179 e. The molecule has 2 aromatic rings. The van der Waals surface area contributed by atoms with Gasteiger partial charge < -0.3 is 0 Å². The molecule has 0 saturated heterocycles. The highest BCUT2D eigenvalue weighted by Gasteiger charge is 2.06. The highest BCUT2D eigenvalue weighted by molar-refractivity contribution is 7.80. The van der Waals surface area contributed by atoms with Crippen molar-refractivity contribution in [2.75, 3.05) is 5.75 Å². The van der Waals surface area contributed by atoms with E-state index in [2.05, 4.69) is 43.8 Å². The van der Waals surface area contributed by atoms with Crippen molar-refractivity contribution in [3.8, 4) is 0 Å². The van der Waals surface area contributed by atoms with Crippen molar-refractivity contribution in [3.63, 3.8) is 0 Å². The molecule has 0 saturated carbocycles. The zero-order chi connectivity index (χ0) is 9.26. The molecule has 0 aliphatic rings. The molecule has 1 aromatic carbocycles. The fourth-order valence-corrected chi connectivity index (χ4v) is 2.98. The zero-order valence-corrected chi connectivity index (χ0v) is 9.29. The molecule has 0 radical (unpaired) electrons. The Balaban J connectivity index is 2.64. The summed E-state index contributed by atoms with van der Waals surface area (Å²) >= 11 is 6.17. The van der Waals surface area contributed by atoms with Crippen LogP contribution < -0.4 is 0 Å². The average molecular weight is 208 g/mol. The quantitative estimate of drug-likeness (QED) is 0.715. The van der Waals surface area contributed by atoms with E-state index < -0.39 is 0 Å². The summed E-state index contributed by atoms with van der Waals surface area (Å²) in [5.74, 6) is 0.932. The second-order valence-corrected chi connectivity index (χ2v) is 4.81.